The fourth-order valence-corrected chi connectivity index (χ4v) is 10.6. The van der Waals surface area contributed by atoms with Crippen LogP contribution in [0, 0.1) is 0 Å². The van der Waals surface area contributed by atoms with E-state index in [1.54, 1.807) is 6.08 Å². The molecule has 14 heteroatoms. The van der Waals surface area contributed by atoms with Crippen LogP contribution in [0.25, 0.3) is 0 Å². The Labute approximate surface area is 515 Å². The highest BCUT2D eigenvalue weighted by Gasteiger charge is 2.51. The van der Waals surface area contributed by atoms with Gasteiger partial charge in [0.15, 0.2) is 12.6 Å². The first-order valence-corrected chi connectivity index (χ1v) is 34.0. The van der Waals surface area contributed by atoms with Crippen molar-refractivity contribution in [1.82, 2.24) is 5.32 Å². The van der Waals surface area contributed by atoms with Crippen LogP contribution in [0.5, 0.6) is 0 Å². The molecule has 2 saturated heterocycles. The maximum atomic E-state index is 13.3. The van der Waals surface area contributed by atoms with E-state index in [1.807, 2.05) is 6.08 Å². The van der Waals surface area contributed by atoms with Gasteiger partial charge in [-0.15, -0.1) is 0 Å². The van der Waals surface area contributed by atoms with Crippen molar-refractivity contribution in [2.75, 3.05) is 19.8 Å². The molecule has 0 spiro atoms. The molecule has 9 N–H and O–H groups in total. The minimum atomic E-state index is -1.80. The first-order chi connectivity index (χ1) is 41.6. The Hall–Kier alpha value is -3.09. The lowest BCUT2D eigenvalue weighted by molar-refractivity contribution is -0.359. The van der Waals surface area contributed by atoms with Crippen LogP contribution in [0.3, 0.4) is 0 Å². The van der Waals surface area contributed by atoms with Crippen LogP contribution in [0.2, 0.25) is 0 Å². The first kappa shape index (κ1) is 78.0. The smallest absolute Gasteiger partial charge is 0.220 e. The van der Waals surface area contributed by atoms with E-state index in [1.165, 1.54) is 128 Å². The van der Waals surface area contributed by atoms with Crippen molar-refractivity contribution in [3.8, 4) is 0 Å². The second kappa shape index (κ2) is 55.0. The van der Waals surface area contributed by atoms with Gasteiger partial charge in [0.2, 0.25) is 5.91 Å². The number of aliphatic hydroxyl groups is 8. The average molecular weight is 1200 g/mol. The molecule has 2 rings (SSSR count). The Morgan fingerprint density at radius 1 is 0.435 bits per heavy atom. The van der Waals surface area contributed by atoms with Crippen LogP contribution in [0.1, 0.15) is 251 Å². The van der Waals surface area contributed by atoms with Gasteiger partial charge in [-0.2, -0.15) is 0 Å². The van der Waals surface area contributed by atoms with Crippen molar-refractivity contribution < 1.29 is 64.6 Å². The van der Waals surface area contributed by atoms with E-state index in [2.05, 4.69) is 104 Å². The van der Waals surface area contributed by atoms with E-state index in [-0.39, 0.29) is 18.9 Å². The van der Waals surface area contributed by atoms with E-state index in [9.17, 15) is 45.6 Å². The molecule has 490 valence electrons. The van der Waals surface area contributed by atoms with Gasteiger partial charge in [0.05, 0.1) is 32.0 Å². The minimum absolute atomic E-state index is 0.253. The quantitative estimate of drug-likeness (QED) is 0.0204. The zero-order valence-electron chi connectivity index (χ0n) is 53.1. The summed E-state index contributed by atoms with van der Waals surface area (Å²) in [6.07, 6.45) is 60.1. The standard InChI is InChI=1S/C71H123NO13/c1-3-5-7-9-11-13-15-17-19-21-23-25-27-29-30-31-33-35-37-39-41-43-45-47-49-51-53-55-63(76)72-59(58-82-70-68(81)66(79)69(62(57-74)84-70)85-71-67(80)65(78)64(77)61(56-73)83-71)60(75)54-52-50-48-46-44-42-40-38-36-34-32-28-26-24-22-20-18-16-14-12-10-8-6-4-2/h5,7,11,13,17,19,23,25,29-30,33,35,39,41,52,54,59-62,64-71,73-75,77-81H,3-4,6,8-10,12,14-16,18,20-22,24,26-28,31-32,34,36-38,40,42-51,53,55-58H2,1-2H3,(H,72,76)/b7-5-,13-11-,19-17-,25-23-,30-29-,35-33-,41-39-,54-52+. The molecule has 0 aromatic rings. The summed E-state index contributed by atoms with van der Waals surface area (Å²) < 4.78 is 22.8. The summed E-state index contributed by atoms with van der Waals surface area (Å²) in [5, 5.41) is 87.4. The second-order valence-electron chi connectivity index (χ2n) is 23.6. The van der Waals surface area contributed by atoms with Crippen molar-refractivity contribution in [2.24, 2.45) is 0 Å². The monoisotopic (exact) mass is 1200 g/mol. The molecule has 0 bridgehead atoms. The number of unbranched alkanes of at least 4 members (excludes halogenated alkanes) is 27. The largest absolute Gasteiger partial charge is 0.394 e. The number of hydrogen-bond donors (Lipinski definition) is 9. The predicted molar refractivity (Wildman–Crippen MR) is 346 cm³/mol. The van der Waals surface area contributed by atoms with E-state index in [0.29, 0.717) is 6.42 Å². The lowest BCUT2D eigenvalue weighted by atomic mass is 9.97. The summed E-state index contributed by atoms with van der Waals surface area (Å²) in [6.45, 7) is 2.69. The summed E-state index contributed by atoms with van der Waals surface area (Å²) in [5.74, 6) is -0.260. The Morgan fingerprint density at radius 2 is 0.812 bits per heavy atom. The Kier molecular flexibility index (Phi) is 50.5. The van der Waals surface area contributed by atoms with Gasteiger partial charge in [-0.3, -0.25) is 4.79 Å². The van der Waals surface area contributed by atoms with Gasteiger partial charge in [-0.05, 0) is 77.0 Å². The van der Waals surface area contributed by atoms with Gasteiger partial charge < -0.3 is 65.1 Å². The summed E-state index contributed by atoms with van der Waals surface area (Å²) in [7, 11) is 0. The first-order valence-electron chi connectivity index (χ1n) is 34.0. The van der Waals surface area contributed by atoms with Gasteiger partial charge in [-0.25, -0.2) is 0 Å². The molecule has 2 aliphatic heterocycles. The number of carbonyl (C=O) groups is 1. The molecular formula is C71H123NO13. The number of aliphatic hydroxyl groups excluding tert-OH is 8. The van der Waals surface area contributed by atoms with Crippen LogP contribution in [0.15, 0.2) is 97.2 Å². The number of ether oxygens (including phenoxy) is 4. The van der Waals surface area contributed by atoms with Gasteiger partial charge in [-0.1, -0.05) is 265 Å². The third-order valence-corrected chi connectivity index (χ3v) is 16.0. The zero-order valence-corrected chi connectivity index (χ0v) is 53.1. The third-order valence-electron chi connectivity index (χ3n) is 16.0. The van der Waals surface area contributed by atoms with Crippen molar-refractivity contribution in [1.29, 1.82) is 0 Å². The van der Waals surface area contributed by atoms with Crippen molar-refractivity contribution in [2.45, 2.75) is 325 Å². The SMILES string of the molecule is CC/C=C\C/C=C\C/C=C\C/C=C\C/C=C\C/C=C\C/C=C\CCCCCCCC(=O)NC(COC1OC(CO)C(OC2OC(CO)C(O)C(O)C2O)C(O)C1O)C(O)/C=C/CCCCCCCCCCCCCCCCCCCCCCCC. The molecule has 0 aromatic carbocycles. The average Bonchev–Trinajstić information content (AvgIpc) is 3.68. The highest BCUT2D eigenvalue weighted by molar-refractivity contribution is 5.76. The minimum Gasteiger partial charge on any atom is -0.394 e. The molecule has 12 atom stereocenters. The molecule has 14 nitrogen and oxygen atoms in total. The molecular weight excluding hydrogens is 1070 g/mol. The summed E-state index contributed by atoms with van der Waals surface area (Å²) in [5.41, 5.74) is 0. The number of hydrogen-bond acceptors (Lipinski definition) is 13. The van der Waals surface area contributed by atoms with E-state index in [0.717, 1.165) is 96.3 Å². The molecule has 0 aromatic heterocycles. The normalized spacial score (nSPS) is 24.2. The van der Waals surface area contributed by atoms with Crippen LogP contribution in [0.4, 0.5) is 0 Å². The van der Waals surface area contributed by atoms with Crippen molar-refractivity contribution in [3.63, 3.8) is 0 Å². The molecule has 12 unspecified atom stereocenters. The van der Waals surface area contributed by atoms with E-state index >= 15 is 0 Å². The lowest BCUT2D eigenvalue weighted by Gasteiger charge is -2.46. The summed E-state index contributed by atoms with van der Waals surface area (Å²) >= 11 is 0. The molecule has 0 aliphatic carbocycles. The molecule has 1 amide bonds. The predicted octanol–water partition coefficient (Wildman–Crippen LogP) is 13.4. The number of carbonyl (C=O) groups excluding carboxylic acids is 1. The van der Waals surface area contributed by atoms with Gasteiger partial charge in [0, 0.05) is 6.42 Å². The van der Waals surface area contributed by atoms with Crippen LogP contribution in [-0.2, 0) is 23.7 Å². The zero-order chi connectivity index (χ0) is 61.6. The van der Waals surface area contributed by atoms with E-state index < -0.39 is 86.8 Å². The second-order valence-corrected chi connectivity index (χ2v) is 23.6. The fourth-order valence-electron chi connectivity index (χ4n) is 10.6. The Morgan fingerprint density at radius 3 is 1.25 bits per heavy atom. The van der Waals surface area contributed by atoms with E-state index in [4.69, 9.17) is 18.9 Å². The third kappa shape index (κ3) is 39.5. The molecule has 85 heavy (non-hydrogen) atoms. The number of rotatable bonds is 54. The van der Waals surface area contributed by atoms with Crippen LogP contribution < -0.4 is 5.32 Å². The van der Waals surface area contributed by atoms with Crippen LogP contribution in [-0.4, -0.2) is 140 Å². The molecule has 2 heterocycles. The van der Waals surface area contributed by atoms with Crippen LogP contribution >= 0.6 is 0 Å². The maximum Gasteiger partial charge on any atom is 0.220 e. The maximum absolute atomic E-state index is 13.3. The van der Waals surface area contributed by atoms with Gasteiger partial charge in [0.25, 0.3) is 0 Å². The molecule has 0 radical (unpaired) electrons. The van der Waals surface area contributed by atoms with Crippen molar-refractivity contribution in [3.05, 3.63) is 97.2 Å². The van der Waals surface area contributed by atoms with Gasteiger partial charge in [0.1, 0.15) is 48.8 Å². The Balaban J connectivity index is 1.73. The number of nitrogens with one attached hydrogen (secondary N) is 1. The number of allylic oxidation sites excluding steroid dienone is 15. The molecule has 2 fully saturated rings. The molecule has 0 saturated carbocycles. The number of amides is 1. The fraction of sp³-hybridized carbons (Fsp3) is 0.761. The highest BCUT2D eigenvalue weighted by Crippen LogP contribution is 2.30. The summed E-state index contributed by atoms with van der Waals surface area (Å²) in [4.78, 5) is 13.3. The topological polar surface area (TPSA) is 228 Å². The highest BCUT2D eigenvalue weighted by atomic mass is 16.7. The van der Waals surface area contributed by atoms with Crippen molar-refractivity contribution >= 4 is 5.91 Å². The van der Waals surface area contributed by atoms with Gasteiger partial charge >= 0.3 is 0 Å². The Bertz CT molecular complexity index is 1800. The summed E-state index contributed by atoms with van der Waals surface area (Å²) in [6, 6.07) is -0.934. The molecule has 2 aliphatic rings. The lowest BCUT2D eigenvalue weighted by Crippen LogP contribution is -2.65.